The van der Waals surface area contributed by atoms with Crippen molar-refractivity contribution in [2.45, 2.75) is 39.8 Å². The van der Waals surface area contributed by atoms with Gasteiger partial charge >= 0.3 is 0 Å². The van der Waals surface area contributed by atoms with Crippen molar-refractivity contribution in [3.8, 4) is 0 Å². The number of methoxy groups -OCH3 is 1. The summed E-state index contributed by atoms with van der Waals surface area (Å²) in [7, 11) is 1.71. The Morgan fingerprint density at radius 2 is 2.00 bits per heavy atom. The van der Waals surface area contributed by atoms with Gasteiger partial charge in [-0.15, -0.1) is 5.10 Å². The van der Waals surface area contributed by atoms with Crippen LogP contribution in [0.5, 0.6) is 0 Å². The Morgan fingerprint density at radius 3 is 2.47 bits per heavy atom. The van der Waals surface area contributed by atoms with Crippen LogP contribution in [-0.4, -0.2) is 42.5 Å². The van der Waals surface area contributed by atoms with Crippen molar-refractivity contribution >= 4 is 5.82 Å². The zero-order valence-electron chi connectivity index (χ0n) is 12.7. The van der Waals surface area contributed by atoms with E-state index in [2.05, 4.69) is 48.1 Å². The Kier molecular flexibility index (Phi) is 6.18. The molecule has 0 atom stereocenters. The summed E-state index contributed by atoms with van der Waals surface area (Å²) in [5.74, 6) is 0.902. The molecule has 108 valence electrons. The maximum absolute atomic E-state index is 5.10. The van der Waals surface area contributed by atoms with Crippen LogP contribution in [0.25, 0.3) is 0 Å². The van der Waals surface area contributed by atoms with Crippen LogP contribution in [0, 0.1) is 0 Å². The lowest BCUT2D eigenvalue weighted by Crippen LogP contribution is -2.35. The topological polar surface area (TPSA) is 50.3 Å². The number of nitrogens with zero attached hydrogens (tertiary/aromatic N) is 3. The van der Waals surface area contributed by atoms with Gasteiger partial charge in [0.25, 0.3) is 0 Å². The summed E-state index contributed by atoms with van der Waals surface area (Å²) in [5, 5.41) is 11.9. The molecule has 0 saturated heterocycles. The number of hydrogen-bond donors (Lipinski definition) is 1. The molecule has 0 amide bonds. The minimum atomic E-state index is 0.0915. The summed E-state index contributed by atoms with van der Waals surface area (Å²) in [5.41, 5.74) is 1.05. The van der Waals surface area contributed by atoms with Crippen LogP contribution >= 0.6 is 0 Å². The molecule has 0 aliphatic heterocycles. The van der Waals surface area contributed by atoms with Crippen molar-refractivity contribution in [2.75, 3.05) is 31.7 Å². The maximum atomic E-state index is 5.10. The molecule has 0 aliphatic rings. The molecule has 0 aliphatic carbocycles. The van der Waals surface area contributed by atoms with Crippen LogP contribution in [0.15, 0.2) is 12.1 Å². The van der Waals surface area contributed by atoms with Gasteiger partial charge in [0.05, 0.1) is 12.3 Å². The average molecular weight is 266 g/mol. The number of nitrogens with one attached hydrogen (secondary N) is 1. The largest absolute Gasteiger partial charge is 0.383 e. The monoisotopic (exact) mass is 266 g/mol. The van der Waals surface area contributed by atoms with Crippen molar-refractivity contribution in [1.29, 1.82) is 0 Å². The molecule has 0 unspecified atom stereocenters. The van der Waals surface area contributed by atoms with E-state index in [-0.39, 0.29) is 5.54 Å². The molecule has 1 N–H and O–H groups in total. The Balaban J connectivity index is 2.59. The standard InChI is InChI=1S/C14H26N4O/c1-6-18(9-10-19-5)13-8-7-12(16-17-13)11-15-14(2,3)4/h7-8,15H,6,9-11H2,1-5H3. The summed E-state index contributed by atoms with van der Waals surface area (Å²) in [6, 6.07) is 4.04. The zero-order chi connectivity index (χ0) is 14.3. The fourth-order valence-corrected chi connectivity index (χ4v) is 1.61. The van der Waals surface area contributed by atoms with Crippen LogP contribution in [0.3, 0.4) is 0 Å². The van der Waals surface area contributed by atoms with Gasteiger partial charge in [-0.25, -0.2) is 0 Å². The highest BCUT2D eigenvalue weighted by atomic mass is 16.5. The Morgan fingerprint density at radius 1 is 1.26 bits per heavy atom. The summed E-state index contributed by atoms with van der Waals surface area (Å²) < 4.78 is 5.10. The van der Waals surface area contributed by atoms with Crippen LogP contribution in [-0.2, 0) is 11.3 Å². The molecule has 0 spiro atoms. The predicted octanol–water partition coefficient (Wildman–Crippen LogP) is 1.84. The molecule has 0 aromatic carbocycles. The zero-order valence-corrected chi connectivity index (χ0v) is 12.7. The number of aromatic nitrogens is 2. The molecule has 1 aromatic heterocycles. The normalized spacial score (nSPS) is 11.6. The lowest BCUT2D eigenvalue weighted by Gasteiger charge is -2.22. The highest BCUT2D eigenvalue weighted by Crippen LogP contribution is 2.09. The first-order valence-electron chi connectivity index (χ1n) is 6.78. The number of likely N-dealkylation sites (N-methyl/N-ethyl adjacent to an activating group) is 1. The van der Waals surface area contributed by atoms with Crippen LogP contribution < -0.4 is 10.2 Å². The lowest BCUT2D eigenvalue weighted by atomic mass is 10.1. The summed E-state index contributed by atoms with van der Waals surface area (Å²) in [6.45, 7) is 11.7. The summed E-state index contributed by atoms with van der Waals surface area (Å²) in [4.78, 5) is 2.15. The predicted molar refractivity (Wildman–Crippen MR) is 78.4 cm³/mol. The third-order valence-electron chi connectivity index (χ3n) is 2.78. The Labute approximate surface area is 116 Å². The molecule has 1 heterocycles. The number of hydrogen-bond acceptors (Lipinski definition) is 5. The van der Waals surface area contributed by atoms with E-state index >= 15 is 0 Å². The third kappa shape index (κ3) is 5.98. The minimum Gasteiger partial charge on any atom is -0.383 e. The fourth-order valence-electron chi connectivity index (χ4n) is 1.61. The molecule has 19 heavy (non-hydrogen) atoms. The molecule has 1 aromatic rings. The first kappa shape index (κ1) is 15.9. The fraction of sp³-hybridized carbons (Fsp3) is 0.714. The van der Waals surface area contributed by atoms with E-state index in [1.165, 1.54) is 0 Å². The summed E-state index contributed by atoms with van der Waals surface area (Å²) in [6.07, 6.45) is 0. The van der Waals surface area contributed by atoms with Crippen molar-refractivity contribution in [3.05, 3.63) is 17.8 Å². The van der Waals surface area contributed by atoms with Crippen molar-refractivity contribution in [3.63, 3.8) is 0 Å². The second-order valence-electron chi connectivity index (χ2n) is 5.56. The second kappa shape index (κ2) is 7.40. The first-order valence-corrected chi connectivity index (χ1v) is 6.78. The molecule has 0 saturated carbocycles. The van der Waals surface area contributed by atoms with Gasteiger partial charge in [-0.3, -0.25) is 0 Å². The first-order chi connectivity index (χ1) is 8.96. The van der Waals surface area contributed by atoms with E-state index in [4.69, 9.17) is 4.74 Å². The van der Waals surface area contributed by atoms with Crippen LogP contribution in [0.4, 0.5) is 5.82 Å². The van der Waals surface area contributed by atoms with E-state index in [9.17, 15) is 0 Å². The highest BCUT2D eigenvalue weighted by molar-refractivity contribution is 5.36. The lowest BCUT2D eigenvalue weighted by molar-refractivity contribution is 0.205. The number of anilines is 1. The molecule has 5 heteroatoms. The molecule has 1 rings (SSSR count). The maximum Gasteiger partial charge on any atom is 0.151 e. The van der Waals surface area contributed by atoms with E-state index in [1.807, 2.05) is 12.1 Å². The third-order valence-corrected chi connectivity index (χ3v) is 2.78. The van der Waals surface area contributed by atoms with Gasteiger partial charge in [-0.2, -0.15) is 5.10 Å². The SMILES string of the molecule is CCN(CCOC)c1ccc(CNC(C)(C)C)nn1. The van der Waals surface area contributed by atoms with Gasteiger partial charge in [0.15, 0.2) is 5.82 Å². The van der Waals surface area contributed by atoms with Gasteiger partial charge in [0, 0.05) is 32.3 Å². The van der Waals surface area contributed by atoms with Gasteiger partial charge in [0.2, 0.25) is 0 Å². The molecule has 0 bridgehead atoms. The number of rotatable bonds is 7. The molecule has 0 fully saturated rings. The Bertz CT molecular complexity index is 359. The quantitative estimate of drug-likeness (QED) is 0.816. The minimum absolute atomic E-state index is 0.0915. The smallest absolute Gasteiger partial charge is 0.151 e. The van der Waals surface area contributed by atoms with Gasteiger partial charge in [-0.1, -0.05) is 0 Å². The van der Waals surface area contributed by atoms with Gasteiger partial charge < -0.3 is 15.0 Å². The van der Waals surface area contributed by atoms with E-state index < -0.39 is 0 Å². The average Bonchev–Trinajstić information content (AvgIpc) is 2.38. The van der Waals surface area contributed by atoms with Crippen molar-refractivity contribution in [1.82, 2.24) is 15.5 Å². The van der Waals surface area contributed by atoms with Crippen molar-refractivity contribution in [2.24, 2.45) is 0 Å². The molecule has 0 radical (unpaired) electrons. The number of ether oxygens (including phenoxy) is 1. The van der Waals surface area contributed by atoms with Crippen molar-refractivity contribution < 1.29 is 4.74 Å². The molecule has 5 nitrogen and oxygen atoms in total. The van der Waals surface area contributed by atoms with E-state index in [0.717, 1.165) is 31.1 Å². The van der Waals surface area contributed by atoms with E-state index in [1.54, 1.807) is 7.11 Å². The molecular formula is C14H26N4O. The van der Waals surface area contributed by atoms with Crippen LogP contribution in [0.1, 0.15) is 33.4 Å². The van der Waals surface area contributed by atoms with Gasteiger partial charge in [0.1, 0.15) is 0 Å². The van der Waals surface area contributed by atoms with Gasteiger partial charge in [-0.05, 0) is 39.8 Å². The molecular weight excluding hydrogens is 240 g/mol. The highest BCUT2D eigenvalue weighted by Gasteiger charge is 2.10. The Hall–Kier alpha value is -1.20. The summed E-state index contributed by atoms with van der Waals surface area (Å²) >= 11 is 0. The van der Waals surface area contributed by atoms with E-state index in [0.29, 0.717) is 6.61 Å². The van der Waals surface area contributed by atoms with Crippen LogP contribution in [0.2, 0.25) is 0 Å². The second-order valence-corrected chi connectivity index (χ2v) is 5.56.